The number of hydrogen-bond donors (Lipinski definition) is 2. The number of benzene rings is 1. The lowest BCUT2D eigenvalue weighted by atomic mass is 10.2. The molecule has 2 N–H and O–H groups in total. The molecule has 0 saturated carbocycles. The molecule has 1 aromatic rings. The fourth-order valence-corrected chi connectivity index (χ4v) is 1.89. The molecule has 0 radical (unpaired) electrons. The van der Waals surface area contributed by atoms with Crippen LogP contribution in [0.2, 0.25) is 0 Å². The van der Waals surface area contributed by atoms with E-state index < -0.39 is 0 Å². The fourth-order valence-electron chi connectivity index (χ4n) is 1.89. The minimum atomic E-state index is 0. The van der Waals surface area contributed by atoms with Gasteiger partial charge in [-0.05, 0) is 44.9 Å². The Labute approximate surface area is 157 Å². The van der Waals surface area contributed by atoms with Crippen LogP contribution in [0, 0.1) is 0 Å². The summed E-state index contributed by atoms with van der Waals surface area (Å²) >= 11 is 0. The van der Waals surface area contributed by atoms with E-state index in [0.29, 0.717) is 0 Å². The van der Waals surface area contributed by atoms with Gasteiger partial charge in [0.1, 0.15) is 5.75 Å². The number of rotatable bonds is 9. The minimum absolute atomic E-state index is 0. The highest BCUT2D eigenvalue weighted by Crippen LogP contribution is 2.13. The van der Waals surface area contributed by atoms with E-state index in [1.165, 1.54) is 5.56 Å². The highest BCUT2D eigenvalue weighted by molar-refractivity contribution is 14.0. The third-order valence-electron chi connectivity index (χ3n) is 2.94. The molecule has 5 nitrogen and oxygen atoms in total. The molecule has 0 unspecified atom stereocenters. The Bertz CT molecular complexity index is 436. The highest BCUT2D eigenvalue weighted by Gasteiger charge is 2.00. The summed E-state index contributed by atoms with van der Waals surface area (Å²) in [4.78, 5) is 4.21. The molecule has 1 rings (SSSR count). The zero-order valence-corrected chi connectivity index (χ0v) is 16.9. The van der Waals surface area contributed by atoms with Crippen LogP contribution in [0.5, 0.6) is 5.75 Å². The molecule has 132 valence electrons. The van der Waals surface area contributed by atoms with Crippen LogP contribution in [-0.2, 0) is 11.3 Å². The van der Waals surface area contributed by atoms with Gasteiger partial charge in [0.25, 0.3) is 0 Å². The lowest BCUT2D eigenvalue weighted by Gasteiger charge is -2.13. The summed E-state index contributed by atoms with van der Waals surface area (Å²) in [6.45, 7) is 9.17. The number of aliphatic imine (C=N–C) groups is 1. The van der Waals surface area contributed by atoms with Gasteiger partial charge in [-0.2, -0.15) is 0 Å². The summed E-state index contributed by atoms with van der Waals surface area (Å²) in [5.41, 5.74) is 1.19. The molecule has 0 aliphatic carbocycles. The molecule has 0 amide bonds. The van der Waals surface area contributed by atoms with Crippen LogP contribution in [0.25, 0.3) is 0 Å². The second-order valence-corrected chi connectivity index (χ2v) is 5.21. The number of ether oxygens (including phenoxy) is 2. The summed E-state index contributed by atoms with van der Waals surface area (Å²) in [7, 11) is 1.78. The molecule has 6 heteroatoms. The van der Waals surface area contributed by atoms with Gasteiger partial charge in [-0.25, -0.2) is 0 Å². The molecule has 0 spiro atoms. The Morgan fingerprint density at radius 2 is 1.87 bits per heavy atom. The van der Waals surface area contributed by atoms with Crippen molar-refractivity contribution < 1.29 is 9.47 Å². The molecule has 23 heavy (non-hydrogen) atoms. The monoisotopic (exact) mass is 435 g/mol. The normalized spacial score (nSPS) is 11.1. The summed E-state index contributed by atoms with van der Waals surface area (Å²) in [6.07, 6.45) is 1.17. The highest BCUT2D eigenvalue weighted by atomic mass is 127. The third kappa shape index (κ3) is 10.4. The van der Waals surface area contributed by atoms with Crippen molar-refractivity contribution in [3.63, 3.8) is 0 Å². The van der Waals surface area contributed by atoms with Gasteiger partial charge in [0, 0.05) is 33.4 Å². The fraction of sp³-hybridized carbons (Fsp3) is 0.588. The van der Waals surface area contributed by atoms with Crippen molar-refractivity contribution in [2.24, 2.45) is 4.99 Å². The van der Waals surface area contributed by atoms with Crippen molar-refractivity contribution in [1.29, 1.82) is 0 Å². The van der Waals surface area contributed by atoms with Gasteiger partial charge in [-0.15, -0.1) is 24.0 Å². The predicted molar refractivity (Wildman–Crippen MR) is 107 cm³/mol. The predicted octanol–water partition coefficient (Wildman–Crippen LogP) is 3.18. The number of nitrogens with zero attached hydrogens (tertiary/aromatic N) is 1. The average Bonchev–Trinajstić information content (AvgIpc) is 2.51. The van der Waals surface area contributed by atoms with Crippen LogP contribution in [-0.4, -0.2) is 38.9 Å². The van der Waals surface area contributed by atoms with E-state index in [2.05, 4.69) is 27.8 Å². The first-order valence-electron chi connectivity index (χ1n) is 7.93. The molecule has 0 bridgehead atoms. The smallest absolute Gasteiger partial charge is 0.191 e. The van der Waals surface area contributed by atoms with Crippen molar-refractivity contribution >= 4 is 29.9 Å². The van der Waals surface area contributed by atoms with E-state index in [9.17, 15) is 0 Å². The maximum atomic E-state index is 5.63. The molecular formula is C17H30IN3O2. The van der Waals surface area contributed by atoms with E-state index in [1.54, 1.807) is 7.05 Å². The number of halogens is 1. The molecule has 0 aromatic heterocycles. The van der Waals surface area contributed by atoms with Crippen LogP contribution in [0.3, 0.4) is 0 Å². The number of guanidine groups is 1. The standard InChI is InChI=1S/C17H29N3O2.HI/c1-5-21-12-6-11-19-17(18-4)20-13-15-7-9-16(10-8-15)22-14(2)3;/h7-10,14H,5-6,11-13H2,1-4H3,(H2,18,19,20);1H. The number of nitrogens with one attached hydrogen (secondary N) is 2. The molecule has 0 aliphatic heterocycles. The SMILES string of the molecule is CCOCCCNC(=NC)NCc1ccc(OC(C)C)cc1.I. The Balaban J connectivity index is 0.00000484. The van der Waals surface area contributed by atoms with Crippen LogP contribution >= 0.6 is 24.0 Å². The Morgan fingerprint density at radius 3 is 2.43 bits per heavy atom. The van der Waals surface area contributed by atoms with Gasteiger partial charge in [0.05, 0.1) is 6.10 Å². The molecule has 0 heterocycles. The minimum Gasteiger partial charge on any atom is -0.491 e. The Morgan fingerprint density at radius 1 is 1.17 bits per heavy atom. The maximum Gasteiger partial charge on any atom is 0.191 e. The quantitative estimate of drug-likeness (QED) is 0.271. The van der Waals surface area contributed by atoms with Crippen molar-refractivity contribution in [2.45, 2.75) is 39.8 Å². The van der Waals surface area contributed by atoms with Crippen molar-refractivity contribution in [3.8, 4) is 5.75 Å². The first kappa shape index (κ1) is 22.0. The van der Waals surface area contributed by atoms with E-state index in [4.69, 9.17) is 9.47 Å². The lowest BCUT2D eigenvalue weighted by Crippen LogP contribution is -2.37. The van der Waals surface area contributed by atoms with Gasteiger partial charge in [-0.1, -0.05) is 12.1 Å². The molecule has 0 aliphatic rings. The van der Waals surface area contributed by atoms with Gasteiger partial charge in [0.2, 0.25) is 0 Å². The average molecular weight is 435 g/mol. The summed E-state index contributed by atoms with van der Waals surface area (Å²) in [6, 6.07) is 8.12. The largest absolute Gasteiger partial charge is 0.491 e. The van der Waals surface area contributed by atoms with Crippen LogP contribution in [0.15, 0.2) is 29.3 Å². The zero-order valence-electron chi connectivity index (χ0n) is 14.6. The second-order valence-electron chi connectivity index (χ2n) is 5.21. The number of hydrogen-bond acceptors (Lipinski definition) is 3. The van der Waals surface area contributed by atoms with E-state index in [0.717, 1.165) is 44.4 Å². The summed E-state index contributed by atoms with van der Waals surface area (Å²) < 4.78 is 10.9. The molecule has 0 fully saturated rings. The van der Waals surface area contributed by atoms with Crippen LogP contribution in [0.1, 0.15) is 32.8 Å². The van der Waals surface area contributed by atoms with Gasteiger partial charge < -0.3 is 20.1 Å². The molecule has 0 atom stereocenters. The maximum absolute atomic E-state index is 5.63. The van der Waals surface area contributed by atoms with Crippen molar-refractivity contribution in [1.82, 2.24) is 10.6 Å². The van der Waals surface area contributed by atoms with Crippen molar-refractivity contribution in [3.05, 3.63) is 29.8 Å². The Kier molecular flexibility index (Phi) is 12.8. The van der Waals surface area contributed by atoms with Gasteiger partial charge in [0.15, 0.2) is 5.96 Å². The summed E-state index contributed by atoms with van der Waals surface area (Å²) in [5, 5.41) is 6.56. The Hall–Kier alpha value is -1.02. The topological polar surface area (TPSA) is 54.9 Å². The zero-order chi connectivity index (χ0) is 16.2. The summed E-state index contributed by atoms with van der Waals surface area (Å²) in [5.74, 6) is 1.70. The molecular weight excluding hydrogens is 405 g/mol. The van der Waals surface area contributed by atoms with Crippen LogP contribution in [0.4, 0.5) is 0 Å². The third-order valence-corrected chi connectivity index (χ3v) is 2.94. The first-order valence-corrected chi connectivity index (χ1v) is 7.93. The van der Waals surface area contributed by atoms with E-state index in [1.807, 2.05) is 32.9 Å². The van der Waals surface area contributed by atoms with Gasteiger partial charge >= 0.3 is 0 Å². The van der Waals surface area contributed by atoms with Gasteiger partial charge in [-0.3, -0.25) is 4.99 Å². The second kappa shape index (κ2) is 13.4. The first-order chi connectivity index (χ1) is 10.7. The van der Waals surface area contributed by atoms with Crippen molar-refractivity contribution in [2.75, 3.05) is 26.8 Å². The van der Waals surface area contributed by atoms with Crippen LogP contribution < -0.4 is 15.4 Å². The lowest BCUT2D eigenvalue weighted by molar-refractivity contribution is 0.145. The molecule has 1 aromatic carbocycles. The molecule has 0 saturated heterocycles. The van der Waals surface area contributed by atoms with E-state index >= 15 is 0 Å². The van der Waals surface area contributed by atoms with E-state index in [-0.39, 0.29) is 30.1 Å².